The Bertz CT molecular complexity index is 904. The maximum atomic E-state index is 12.2. The quantitative estimate of drug-likeness (QED) is 0.700. The van der Waals surface area contributed by atoms with Crippen LogP contribution in [0.4, 0.5) is 5.69 Å². The molecular weight excluding hydrogens is 372 g/mol. The number of nitrogens with zero attached hydrogens (tertiary/aromatic N) is 1. The minimum atomic E-state index is -1.09. The molecule has 2 aromatic rings. The van der Waals surface area contributed by atoms with Crippen LogP contribution in [0.1, 0.15) is 21.5 Å². The van der Waals surface area contributed by atoms with Crippen LogP contribution in [-0.2, 0) is 16.1 Å². The van der Waals surface area contributed by atoms with E-state index in [1.165, 1.54) is 12.1 Å². The van der Waals surface area contributed by atoms with Crippen LogP contribution in [0.2, 0.25) is 0 Å². The minimum absolute atomic E-state index is 0.0448. The van der Waals surface area contributed by atoms with Gasteiger partial charge in [0.15, 0.2) is 0 Å². The highest BCUT2D eigenvalue weighted by atomic mass is 16.5. The number of methoxy groups -OCH3 is 1. The first-order valence-electron chi connectivity index (χ1n) is 9.35. The van der Waals surface area contributed by atoms with Gasteiger partial charge in [0.05, 0.1) is 31.6 Å². The van der Waals surface area contributed by atoms with Crippen LogP contribution in [0.25, 0.3) is 6.08 Å². The van der Waals surface area contributed by atoms with Crippen molar-refractivity contribution in [2.45, 2.75) is 6.54 Å². The third kappa shape index (κ3) is 5.66. The number of amides is 1. The lowest BCUT2D eigenvalue weighted by molar-refractivity contribution is -0.111. The van der Waals surface area contributed by atoms with Crippen LogP contribution in [0, 0.1) is 0 Å². The molecule has 3 rings (SSSR count). The predicted molar refractivity (Wildman–Crippen MR) is 110 cm³/mol. The third-order valence-corrected chi connectivity index (χ3v) is 4.65. The molecule has 1 heterocycles. The lowest BCUT2D eigenvalue weighted by Gasteiger charge is -2.27. The Hall–Kier alpha value is -3.16. The average Bonchev–Trinajstić information content (AvgIpc) is 2.74. The third-order valence-electron chi connectivity index (χ3n) is 4.65. The van der Waals surface area contributed by atoms with Gasteiger partial charge < -0.3 is 19.9 Å². The molecule has 7 heteroatoms. The molecule has 0 aromatic heterocycles. The summed E-state index contributed by atoms with van der Waals surface area (Å²) < 4.78 is 10.9. The van der Waals surface area contributed by atoms with Crippen molar-refractivity contribution in [1.82, 2.24) is 4.90 Å². The molecule has 1 aliphatic rings. The summed E-state index contributed by atoms with van der Waals surface area (Å²) in [6.07, 6.45) is 3.04. The SMILES string of the molecule is COc1cc(/C=C/C(=O)Nc2ccccc2C(=O)O)ccc1CN1CCOCC1. The highest BCUT2D eigenvalue weighted by Crippen LogP contribution is 2.23. The van der Waals surface area contributed by atoms with E-state index in [2.05, 4.69) is 10.2 Å². The summed E-state index contributed by atoms with van der Waals surface area (Å²) in [6.45, 7) is 4.04. The fourth-order valence-electron chi connectivity index (χ4n) is 3.12. The summed E-state index contributed by atoms with van der Waals surface area (Å²) in [4.78, 5) is 25.7. The lowest BCUT2D eigenvalue weighted by Crippen LogP contribution is -2.35. The molecule has 0 spiro atoms. The van der Waals surface area contributed by atoms with E-state index in [0.29, 0.717) is 0 Å². The maximum Gasteiger partial charge on any atom is 0.337 e. The first-order valence-corrected chi connectivity index (χ1v) is 9.35. The molecule has 1 saturated heterocycles. The number of carbonyl (C=O) groups is 2. The number of aromatic carboxylic acids is 1. The molecular formula is C22H24N2O5. The molecule has 0 saturated carbocycles. The van der Waals surface area contributed by atoms with Crippen LogP contribution in [0.3, 0.4) is 0 Å². The van der Waals surface area contributed by atoms with Crippen molar-refractivity contribution in [2.24, 2.45) is 0 Å². The van der Waals surface area contributed by atoms with Crippen LogP contribution in [-0.4, -0.2) is 55.3 Å². The Morgan fingerprint density at radius 3 is 2.69 bits per heavy atom. The van der Waals surface area contributed by atoms with Crippen molar-refractivity contribution in [3.8, 4) is 5.75 Å². The number of carbonyl (C=O) groups excluding carboxylic acids is 1. The van der Waals surface area contributed by atoms with Crippen molar-refractivity contribution in [2.75, 3.05) is 38.7 Å². The second kappa shape index (κ2) is 9.86. The van der Waals surface area contributed by atoms with E-state index < -0.39 is 11.9 Å². The molecule has 7 nitrogen and oxygen atoms in total. The van der Waals surface area contributed by atoms with Gasteiger partial charge in [-0.05, 0) is 29.8 Å². The fourth-order valence-corrected chi connectivity index (χ4v) is 3.12. The maximum absolute atomic E-state index is 12.2. The van der Waals surface area contributed by atoms with E-state index in [1.807, 2.05) is 18.2 Å². The second-order valence-electron chi connectivity index (χ2n) is 6.63. The number of benzene rings is 2. The number of morpholine rings is 1. The fraction of sp³-hybridized carbons (Fsp3) is 0.273. The normalized spacial score (nSPS) is 14.7. The molecule has 0 atom stereocenters. The number of ether oxygens (including phenoxy) is 2. The smallest absolute Gasteiger partial charge is 0.337 e. The van der Waals surface area contributed by atoms with Gasteiger partial charge in [-0.25, -0.2) is 4.79 Å². The summed E-state index contributed by atoms with van der Waals surface area (Å²) >= 11 is 0. The van der Waals surface area contributed by atoms with E-state index in [1.54, 1.807) is 31.4 Å². The van der Waals surface area contributed by atoms with Gasteiger partial charge in [-0.2, -0.15) is 0 Å². The van der Waals surface area contributed by atoms with Gasteiger partial charge in [0.1, 0.15) is 5.75 Å². The van der Waals surface area contributed by atoms with Crippen LogP contribution in [0.5, 0.6) is 5.75 Å². The number of hydrogen-bond donors (Lipinski definition) is 2. The Kier molecular flexibility index (Phi) is 6.99. The lowest BCUT2D eigenvalue weighted by atomic mass is 10.1. The molecule has 0 aliphatic carbocycles. The van der Waals surface area contributed by atoms with Crippen molar-refractivity contribution >= 4 is 23.6 Å². The van der Waals surface area contributed by atoms with Gasteiger partial charge in [-0.1, -0.05) is 24.3 Å². The zero-order valence-corrected chi connectivity index (χ0v) is 16.3. The Morgan fingerprint density at radius 2 is 1.97 bits per heavy atom. The molecule has 2 aromatic carbocycles. The minimum Gasteiger partial charge on any atom is -0.496 e. The number of carboxylic acid groups (broad SMARTS) is 1. The standard InChI is InChI=1S/C22H24N2O5/c1-28-20-14-16(6-8-17(20)15-24-10-12-29-13-11-24)7-9-21(25)23-19-5-3-2-4-18(19)22(26)27/h2-9,14H,10-13,15H2,1H3,(H,23,25)(H,26,27)/b9-7+. The zero-order chi connectivity index (χ0) is 20.6. The topological polar surface area (TPSA) is 88.1 Å². The summed E-state index contributed by atoms with van der Waals surface area (Å²) in [6, 6.07) is 12.1. The molecule has 0 unspecified atom stereocenters. The van der Waals surface area contributed by atoms with Gasteiger partial charge in [0.25, 0.3) is 0 Å². The van der Waals surface area contributed by atoms with Gasteiger partial charge in [-0.3, -0.25) is 9.69 Å². The number of carboxylic acids is 1. The first-order chi connectivity index (χ1) is 14.1. The second-order valence-corrected chi connectivity index (χ2v) is 6.63. The molecule has 0 bridgehead atoms. The van der Waals surface area contributed by atoms with Crippen LogP contribution >= 0.6 is 0 Å². The monoisotopic (exact) mass is 396 g/mol. The van der Waals surface area contributed by atoms with Crippen molar-refractivity contribution in [3.63, 3.8) is 0 Å². The molecule has 0 radical (unpaired) electrons. The van der Waals surface area contributed by atoms with Crippen LogP contribution in [0.15, 0.2) is 48.5 Å². The number of anilines is 1. The predicted octanol–water partition coefficient (Wildman–Crippen LogP) is 2.88. The molecule has 2 N–H and O–H groups in total. The molecule has 1 aliphatic heterocycles. The number of hydrogen-bond acceptors (Lipinski definition) is 5. The Balaban J connectivity index is 1.67. The molecule has 1 fully saturated rings. The molecule has 1 amide bonds. The summed E-state index contributed by atoms with van der Waals surface area (Å²) in [5.41, 5.74) is 2.19. The number of rotatable bonds is 7. The van der Waals surface area contributed by atoms with Crippen LogP contribution < -0.4 is 10.1 Å². The van der Waals surface area contributed by atoms with E-state index in [0.717, 1.165) is 49.7 Å². The summed E-state index contributed by atoms with van der Waals surface area (Å²) in [5.74, 6) is -0.740. The summed E-state index contributed by atoms with van der Waals surface area (Å²) in [5, 5.41) is 11.8. The number of nitrogens with one attached hydrogen (secondary N) is 1. The van der Waals surface area contributed by atoms with E-state index in [-0.39, 0.29) is 11.3 Å². The largest absolute Gasteiger partial charge is 0.496 e. The van der Waals surface area contributed by atoms with Crippen molar-refractivity contribution in [3.05, 3.63) is 65.2 Å². The Labute approximate surface area is 169 Å². The van der Waals surface area contributed by atoms with Gasteiger partial charge in [0, 0.05) is 31.3 Å². The highest BCUT2D eigenvalue weighted by molar-refractivity contribution is 6.06. The Morgan fingerprint density at radius 1 is 1.21 bits per heavy atom. The van der Waals surface area contributed by atoms with Gasteiger partial charge in [-0.15, -0.1) is 0 Å². The van der Waals surface area contributed by atoms with Crippen molar-refractivity contribution in [1.29, 1.82) is 0 Å². The summed E-state index contributed by atoms with van der Waals surface area (Å²) in [7, 11) is 1.63. The van der Waals surface area contributed by atoms with E-state index in [4.69, 9.17) is 9.47 Å². The van der Waals surface area contributed by atoms with Gasteiger partial charge in [0.2, 0.25) is 5.91 Å². The molecule has 152 valence electrons. The van der Waals surface area contributed by atoms with Crippen molar-refractivity contribution < 1.29 is 24.2 Å². The zero-order valence-electron chi connectivity index (χ0n) is 16.3. The average molecular weight is 396 g/mol. The molecule has 29 heavy (non-hydrogen) atoms. The van der Waals surface area contributed by atoms with E-state index in [9.17, 15) is 14.7 Å². The van der Waals surface area contributed by atoms with E-state index >= 15 is 0 Å². The van der Waals surface area contributed by atoms with Gasteiger partial charge >= 0.3 is 5.97 Å². The highest BCUT2D eigenvalue weighted by Gasteiger charge is 2.14. The number of para-hydroxylation sites is 1. The first kappa shape index (κ1) is 20.6.